The number of thiazole rings is 1. The quantitative estimate of drug-likeness (QED) is 0.250. The fraction of sp³-hybridized carbons (Fsp3) is 0. The second-order valence-electron chi connectivity index (χ2n) is 8.22. The fourth-order valence-corrected chi connectivity index (χ4v) is 5.48. The summed E-state index contributed by atoms with van der Waals surface area (Å²) in [6, 6.07) is 28.8. The average Bonchev–Trinajstić information content (AvgIpc) is 3.36. The lowest BCUT2D eigenvalue weighted by atomic mass is 10.0. The number of nitrogens with zero attached hydrogens (tertiary/aromatic N) is 2. The maximum absolute atomic E-state index is 13.5. The molecule has 1 N–H and O–H groups in total. The van der Waals surface area contributed by atoms with Crippen LogP contribution in [-0.4, -0.2) is 15.9 Å². The van der Waals surface area contributed by atoms with E-state index in [1.54, 1.807) is 24.3 Å². The number of carbonyl (C=O) groups excluding carboxylic acids is 1. The molecule has 4 aromatic carbocycles. The van der Waals surface area contributed by atoms with E-state index in [-0.39, 0.29) is 5.91 Å². The number of fused-ring (bicyclic) bond motifs is 2. The number of amides is 1. The third-order valence-corrected chi connectivity index (χ3v) is 7.26. The number of rotatable bonds is 4. The van der Waals surface area contributed by atoms with Crippen molar-refractivity contribution in [3.8, 4) is 22.5 Å². The Hall–Kier alpha value is -3.77. The average molecular weight is 526 g/mol. The molecule has 7 heteroatoms. The Morgan fingerprint density at radius 1 is 0.750 bits per heavy atom. The molecule has 2 heterocycles. The van der Waals surface area contributed by atoms with Crippen molar-refractivity contribution < 1.29 is 4.79 Å². The van der Waals surface area contributed by atoms with Crippen LogP contribution in [-0.2, 0) is 0 Å². The van der Waals surface area contributed by atoms with E-state index < -0.39 is 0 Å². The highest BCUT2D eigenvalue weighted by atomic mass is 35.5. The Kier molecular flexibility index (Phi) is 5.89. The summed E-state index contributed by atoms with van der Waals surface area (Å²) in [4.78, 5) is 22.9. The van der Waals surface area contributed by atoms with Crippen molar-refractivity contribution in [1.29, 1.82) is 0 Å². The van der Waals surface area contributed by atoms with Gasteiger partial charge in [0.25, 0.3) is 5.91 Å². The van der Waals surface area contributed by atoms with Crippen LogP contribution in [0.15, 0.2) is 96.4 Å². The predicted molar refractivity (Wildman–Crippen MR) is 150 cm³/mol. The molecule has 0 atom stereocenters. The van der Waals surface area contributed by atoms with E-state index in [1.165, 1.54) is 11.3 Å². The molecule has 6 rings (SSSR count). The number of hydrogen-bond donors (Lipinski definition) is 1. The summed E-state index contributed by atoms with van der Waals surface area (Å²) < 4.78 is 0. The van der Waals surface area contributed by atoms with Gasteiger partial charge in [0.1, 0.15) is 0 Å². The smallest absolute Gasteiger partial charge is 0.258 e. The number of nitrogens with one attached hydrogen (secondary N) is 1. The van der Waals surface area contributed by atoms with E-state index in [0.29, 0.717) is 37.5 Å². The minimum absolute atomic E-state index is 0.265. The third-order valence-electron chi connectivity index (χ3n) is 5.96. The minimum Gasteiger partial charge on any atom is -0.298 e. The number of para-hydroxylation sites is 1. The molecule has 2 aromatic heterocycles. The monoisotopic (exact) mass is 525 g/mol. The summed E-state index contributed by atoms with van der Waals surface area (Å²) >= 11 is 13.9. The molecule has 0 aliphatic rings. The van der Waals surface area contributed by atoms with Crippen molar-refractivity contribution in [3.05, 3.63) is 112 Å². The van der Waals surface area contributed by atoms with Crippen molar-refractivity contribution in [2.75, 3.05) is 5.32 Å². The summed E-state index contributed by atoms with van der Waals surface area (Å²) in [7, 11) is 0. The summed E-state index contributed by atoms with van der Waals surface area (Å²) in [6.07, 6.45) is 0. The Morgan fingerprint density at radius 2 is 1.53 bits per heavy atom. The molecule has 0 fully saturated rings. The first-order chi connectivity index (χ1) is 17.6. The molecular formula is C29H17Cl2N3OS. The molecular weight excluding hydrogens is 509 g/mol. The molecule has 0 aliphatic carbocycles. The molecule has 174 valence electrons. The van der Waals surface area contributed by atoms with Gasteiger partial charge in [0, 0.05) is 26.9 Å². The van der Waals surface area contributed by atoms with Crippen molar-refractivity contribution >= 4 is 67.3 Å². The number of anilines is 1. The van der Waals surface area contributed by atoms with Crippen LogP contribution >= 0.6 is 34.5 Å². The Morgan fingerprint density at radius 3 is 2.39 bits per heavy atom. The molecule has 1 amide bonds. The van der Waals surface area contributed by atoms with E-state index in [9.17, 15) is 4.79 Å². The van der Waals surface area contributed by atoms with Crippen molar-refractivity contribution in [3.63, 3.8) is 0 Å². The standard InChI is InChI=1S/C29H17Cl2N3OS/c30-18-12-13-22(24(31)14-18)26-15-23(21-9-3-4-11-25(21)32-26)28(35)34-29-33-27(16-36-29)20-10-5-7-17-6-1-2-8-19(17)20/h1-16H,(H,33,34,35). The highest BCUT2D eigenvalue weighted by Crippen LogP contribution is 2.34. The summed E-state index contributed by atoms with van der Waals surface area (Å²) in [6.45, 7) is 0. The first-order valence-corrected chi connectivity index (χ1v) is 12.8. The molecule has 0 spiro atoms. The highest BCUT2D eigenvalue weighted by Gasteiger charge is 2.17. The Bertz CT molecular complexity index is 1770. The first-order valence-electron chi connectivity index (χ1n) is 11.2. The van der Waals surface area contributed by atoms with Gasteiger partial charge in [-0.25, -0.2) is 9.97 Å². The highest BCUT2D eigenvalue weighted by molar-refractivity contribution is 7.14. The molecule has 0 radical (unpaired) electrons. The molecule has 0 aliphatic heterocycles. The predicted octanol–water partition coefficient (Wildman–Crippen LogP) is 8.74. The summed E-state index contributed by atoms with van der Waals surface area (Å²) in [5, 5.41) is 9.47. The normalized spacial score (nSPS) is 11.2. The van der Waals surface area contributed by atoms with E-state index >= 15 is 0 Å². The Labute approximate surface area is 221 Å². The summed E-state index contributed by atoms with van der Waals surface area (Å²) in [5.74, 6) is -0.265. The molecule has 6 aromatic rings. The van der Waals surface area contributed by atoms with Gasteiger partial charge in [-0.2, -0.15) is 0 Å². The van der Waals surface area contributed by atoms with Crippen LogP contribution < -0.4 is 5.32 Å². The minimum atomic E-state index is -0.265. The largest absolute Gasteiger partial charge is 0.298 e. The zero-order valence-corrected chi connectivity index (χ0v) is 21.0. The second kappa shape index (κ2) is 9.36. The van der Waals surface area contributed by atoms with E-state index in [1.807, 2.05) is 53.9 Å². The first kappa shape index (κ1) is 22.7. The van der Waals surface area contributed by atoms with Gasteiger partial charge in [0.05, 0.1) is 27.5 Å². The maximum Gasteiger partial charge on any atom is 0.258 e. The number of benzene rings is 4. The molecule has 0 saturated carbocycles. The van der Waals surface area contributed by atoms with Gasteiger partial charge in [-0.3, -0.25) is 10.1 Å². The lowest BCUT2D eigenvalue weighted by molar-refractivity contribution is 0.102. The van der Waals surface area contributed by atoms with Crippen molar-refractivity contribution in [2.24, 2.45) is 0 Å². The number of aromatic nitrogens is 2. The van der Waals surface area contributed by atoms with Crippen LogP contribution in [0.3, 0.4) is 0 Å². The zero-order valence-electron chi connectivity index (χ0n) is 18.7. The third kappa shape index (κ3) is 4.22. The van der Waals surface area contributed by atoms with E-state index in [4.69, 9.17) is 33.2 Å². The van der Waals surface area contributed by atoms with Gasteiger partial charge in [-0.1, -0.05) is 83.9 Å². The topological polar surface area (TPSA) is 54.9 Å². The maximum atomic E-state index is 13.5. The Balaban J connectivity index is 1.37. The summed E-state index contributed by atoms with van der Waals surface area (Å²) in [5.41, 5.74) is 4.33. The van der Waals surface area contributed by atoms with Crippen LogP contribution in [0.2, 0.25) is 10.0 Å². The van der Waals surface area contributed by atoms with Gasteiger partial charge < -0.3 is 0 Å². The van der Waals surface area contributed by atoms with Gasteiger partial charge in [-0.05, 0) is 41.1 Å². The van der Waals surface area contributed by atoms with E-state index in [0.717, 1.165) is 27.4 Å². The molecule has 0 saturated heterocycles. The van der Waals surface area contributed by atoms with Crippen LogP contribution in [0.4, 0.5) is 5.13 Å². The van der Waals surface area contributed by atoms with E-state index in [2.05, 4.69) is 23.5 Å². The lowest BCUT2D eigenvalue weighted by Gasteiger charge is -2.11. The molecule has 0 bridgehead atoms. The SMILES string of the molecule is O=C(Nc1nc(-c2cccc3ccccc23)cs1)c1cc(-c2ccc(Cl)cc2Cl)nc2ccccc12. The van der Waals surface area contributed by atoms with Crippen LogP contribution in [0.1, 0.15) is 10.4 Å². The molecule has 36 heavy (non-hydrogen) atoms. The van der Waals surface area contributed by atoms with Crippen LogP contribution in [0.5, 0.6) is 0 Å². The van der Waals surface area contributed by atoms with Crippen LogP contribution in [0, 0.1) is 0 Å². The van der Waals surface area contributed by atoms with Gasteiger partial charge in [0.2, 0.25) is 0 Å². The second-order valence-corrected chi connectivity index (χ2v) is 9.92. The van der Waals surface area contributed by atoms with Crippen molar-refractivity contribution in [2.45, 2.75) is 0 Å². The molecule has 4 nitrogen and oxygen atoms in total. The number of halogens is 2. The van der Waals surface area contributed by atoms with Gasteiger partial charge in [-0.15, -0.1) is 11.3 Å². The van der Waals surface area contributed by atoms with Gasteiger partial charge >= 0.3 is 0 Å². The van der Waals surface area contributed by atoms with Gasteiger partial charge in [0.15, 0.2) is 5.13 Å². The number of hydrogen-bond acceptors (Lipinski definition) is 4. The fourth-order valence-electron chi connectivity index (χ4n) is 4.27. The lowest BCUT2D eigenvalue weighted by Crippen LogP contribution is -2.13. The molecule has 0 unspecified atom stereocenters. The number of carbonyl (C=O) groups is 1. The zero-order chi connectivity index (χ0) is 24.6. The van der Waals surface area contributed by atoms with Crippen LogP contribution in [0.25, 0.3) is 44.2 Å². The van der Waals surface area contributed by atoms with Crippen molar-refractivity contribution in [1.82, 2.24) is 9.97 Å². The number of pyridine rings is 1.